The molecule has 0 bridgehead atoms. The van der Waals surface area contributed by atoms with Crippen molar-refractivity contribution in [3.63, 3.8) is 0 Å². The average Bonchev–Trinajstić information content (AvgIpc) is 3.22. The molecule has 26 heavy (non-hydrogen) atoms. The first kappa shape index (κ1) is 15.9. The number of anilines is 1. The van der Waals surface area contributed by atoms with E-state index in [1.807, 2.05) is 48.4 Å². The number of pyridine rings is 1. The summed E-state index contributed by atoms with van der Waals surface area (Å²) in [6.07, 6.45) is 4.88. The maximum Gasteiger partial charge on any atom is 0.257 e. The number of hydrogen-bond acceptors (Lipinski definition) is 5. The number of nitrogens with zero attached hydrogens (tertiary/aromatic N) is 6. The highest BCUT2D eigenvalue weighted by Crippen LogP contribution is 2.27. The third-order valence-corrected chi connectivity index (χ3v) is 4.35. The molecule has 0 radical (unpaired) electrons. The number of rotatable bonds is 3. The SMILES string of the molecule is Cc1c(NC(=O)c2cnc3c(c2)ncn3C)cccc1-c1nncn1C. The lowest BCUT2D eigenvalue weighted by molar-refractivity contribution is 0.102. The lowest BCUT2D eigenvalue weighted by atomic mass is 10.1. The van der Waals surface area contributed by atoms with Gasteiger partial charge in [-0.2, -0.15) is 0 Å². The van der Waals surface area contributed by atoms with Crippen LogP contribution in [0.1, 0.15) is 15.9 Å². The van der Waals surface area contributed by atoms with Crippen LogP contribution in [0.15, 0.2) is 43.1 Å². The van der Waals surface area contributed by atoms with E-state index in [4.69, 9.17) is 0 Å². The van der Waals surface area contributed by atoms with Crippen LogP contribution in [-0.2, 0) is 14.1 Å². The number of nitrogens with one attached hydrogen (secondary N) is 1. The summed E-state index contributed by atoms with van der Waals surface area (Å²) in [7, 11) is 3.75. The van der Waals surface area contributed by atoms with Gasteiger partial charge in [-0.15, -0.1) is 10.2 Å². The molecule has 4 aromatic rings. The van der Waals surface area contributed by atoms with E-state index in [9.17, 15) is 4.79 Å². The number of aromatic nitrogens is 6. The zero-order valence-electron chi connectivity index (χ0n) is 14.6. The molecular weight excluding hydrogens is 330 g/mol. The van der Waals surface area contributed by atoms with Gasteiger partial charge in [0.2, 0.25) is 0 Å². The summed E-state index contributed by atoms with van der Waals surface area (Å²) in [5.41, 5.74) is 4.44. The lowest BCUT2D eigenvalue weighted by Gasteiger charge is -2.12. The van der Waals surface area contributed by atoms with Gasteiger partial charge in [-0.3, -0.25) is 4.79 Å². The molecule has 0 spiro atoms. The molecule has 0 atom stereocenters. The fraction of sp³-hybridized carbons (Fsp3) is 0.167. The second-order valence-corrected chi connectivity index (χ2v) is 6.12. The van der Waals surface area contributed by atoms with Gasteiger partial charge in [0.25, 0.3) is 5.91 Å². The Morgan fingerprint density at radius 1 is 1.12 bits per heavy atom. The van der Waals surface area contributed by atoms with Gasteiger partial charge in [0, 0.05) is 31.5 Å². The maximum absolute atomic E-state index is 12.7. The quantitative estimate of drug-likeness (QED) is 0.614. The van der Waals surface area contributed by atoms with Crippen molar-refractivity contribution in [1.82, 2.24) is 29.3 Å². The summed E-state index contributed by atoms with van der Waals surface area (Å²) in [6.45, 7) is 1.94. The number of carbonyl (C=O) groups is 1. The Labute approximate surface area is 149 Å². The molecule has 1 N–H and O–H groups in total. The van der Waals surface area contributed by atoms with Gasteiger partial charge in [-0.05, 0) is 24.6 Å². The summed E-state index contributed by atoms with van der Waals surface area (Å²) in [6, 6.07) is 7.43. The van der Waals surface area contributed by atoms with Crippen LogP contribution in [0.25, 0.3) is 22.6 Å². The van der Waals surface area contributed by atoms with Crippen molar-refractivity contribution in [3.05, 3.63) is 54.2 Å². The zero-order valence-corrected chi connectivity index (χ0v) is 14.6. The van der Waals surface area contributed by atoms with Gasteiger partial charge in [0.05, 0.1) is 11.9 Å². The molecule has 1 aromatic carbocycles. The Balaban J connectivity index is 1.66. The second kappa shape index (κ2) is 6.07. The lowest BCUT2D eigenvalue weighted by Crippen LogP contribution is -2.13. The molecule has 0 unspecified atom stereocenters. The molecule has 1 amide bonds. The number of amides is 1. The molecule has 0 aliphatic carbocycles. The first-order chi connectivity index (χ1) is 12.5. The number of imidazole rings is 1. The molecule has 3 aromatic heterocycles. The molecule has 0 aliphatic heterocycles. The standard InChI is InChI=1S/C18H17N7O/c1-11-13(16-23-21-10-25(16)3)5-4-6-14(11)22-18(26)12-7-15-17(19-8-12)24(2)9-20-15/h4-10H,1-3H3,(H,22,26). The van der Waals surface area contributed by atoms with Gasteiger partial charge < -0.3 is 14.5 Å². The van der Waals surface area contributed by atoms with Crippen molar-refractivity contribution < 1.29 is 4.79 Å². The van der Waals surface area contributed by atoms with E-state index in [1.54, 1.807) is 24.9 Å². The minimum Gasteiger partial charge on any atom is -0.322 e. The first-order valence-corrected chi connectivity index (χ1v) is 8.07. The van der Waals surface area contributed by atoms with Crippen molar-refractivity contribution in [2.24, 2.45) is 14.1 Å². The molecule has 4 rings (SSSR count). The van der Waals surface area contributed by atoms with Gasteiger partial charge in [-0.1, -0.05) is 12.1 Å². The van der Waals surface area contributed by atoms with Gasteiger partial charge in [-0.25, -0.2) is 9.97 Å². The number of carbonyl (C=O) groups excluding carboxylic acids is 1. The molecular formula is C18H17N7O. The van der Waals surface area contributed by atoms with E-state index in [0.717, 1.165) is 28.3 Å². The van der Waals surface area contributed by atoms with Crippen LogP contribution >= 0.6 is 0 Å². The topological polar surface area (TPSA) is 90.5 Å². The predicted molar refractivity (Wildman–Crippen MR) is 97.6 cm³/mol. The number of aryl methyl sites for hydroxylation is 2. The van der Waals surface area contributed by atoms with E-state index in [1.165, 1.54) is 0 Å². The van der Waals surface area contributed by atoms with E-state index in [2.05, 4.69) is 25.5 Å². The van der Waals surface area contributed by atoms with Crippen molar-refractivity contribution in [3.8, 4) is 11.4 Å². The van der Waals surface area contributed by atoms with E-state index < -0.39 is 0 Å². The smallest absolute Gasteiger partial charge is 0.257 e. The van der Waals surface area contributed by atoms with Crippen LogP contribution in [0.3, 0.4) is 0 Å². The minimum atomic E-state index is -0.233. The van der Waals surface area contributed by atoms with Crippen LogP contribution in [0.5, 0.6) is 0 Å². The molecule has 0 saturated heterocycles. The number of hydrogen-bond donors (Lipinski definition) is 1. The van der Waals surface area contributed by atoms with Crippen molar-refractivity contribution in [2.75, 3.05) is 5.32 Å². The van der Waals surface area contributed by atoms with Crippen LogP contribution in [0.2, 0.25) is 0 Å². The van der Waals surface area contributed by atoms with E-state index >= 15 is 0 Å². The van der Waals surface area contributed by atoms with Crippen LogP contribution in [0, 0.1) is 6.92 Å². The first-order valence-electron chi connectivity index (χ1n) is 8.07. The highest BCUT2D eigenvalue weighted by atomic mass is 16.1. The Kier molecular flexibility index (Phi) is 3.72. The maximum atomic E-state index is 12.7. The summed E-state index contributed by atoms with van der Waals surface area (Å²) < 4.78 is 3.65. The van der Waals surface area contributed by atoms with Crippen molar-refractivity contribution in [2.45, 2.75) is 6.92 Å². The summed E-state index contributed by atoms with van der Waals surface area (Å²) in [4.78, 5) is 21.2. The molecule has 0 aliphatic rings. The fourth-order valence-corrected chi connectivity index (χ4v) is 2.88. The molecule has 8 nitrogen and oxygen atoms in total. The molecule has 0 saturated carbocycles. The molecule has 130 valence electrons. The third-order valence-electron chi connectivity index (χ3n) is 4.35. The highest BCUT2D eigenvalue weighted by molar-refractivity contribution is 6.06. The minimum absolute atomic E-state index is 0.233. The Morgan fingerprint density at radius 3 is 2.73 bits per heavy atom. The van der Waals surface area contributed by atoms with Gasteiger partial charge >= 0.3 is 0 Å². The van der Waals surface area contributed by atoms with E-state index in [-0.39, 0.29) is 5.91 Å². The average molecular weight is 347 g/mol. The molecule has 0 fully saturated rings. The largest absolute Gasteiger partial charge is 0.322 e. The molecule has 3 heterocycles. The monoisotopic (exact) mass is 347 g/mol. The zero-order chi connectivity index (χ0) is 18.3. The van der Waals surface area contributed by atoms with Crippen LogP contribution in [-0.4, -0.2) is 35.2 Å². The van der Waals surface area contributed by atoms with Crippen LogP contribution < -0.4 is 5.32 Å². The van der Waals surface area contributed by atoms with Crippen molar-refractivity contribution >= 4 is 22.8 Å². The third kappa shape index (κ3) is 2.61. The van der Waals surface area contributed by atoms with Crippen molar-refractivity contribution in [1.29, 1.82) is 0 Å². The van der Waals surface area contributed by atoms with Crippen LogP contribution in [0.4, 0.5) is 5.69 Å². The summed E-state index contributed by atoms with van der Waals surface area (Å²) in [5.74, 6) is 0.512. The Morgan fingerprint density at radius 2 is 1.96 bits per heavy atom. The van der Waals surface area contributed by atoms with Gasteiger partial charge in [0.1, 0.15) is 11.8 Å². The predicted octanol–water partition coefficient (Wildman–Crippen LogP) is 2.32. The normalized spacial score (nSPS) is 11.0. The number of benzene rings is 1. The summed E-state index contributed by atoms with van der Waals surface area (Å²) >= 11 is 0. The Bertz CT molecular complexity index is 1130. The fourth-order valence-electron chi connectivity index (χ4n) is 2.88. The number of fused-ring (bicyclic) bond motifs is 1. The highest BCUT2D eigenvalue weighted by Gasteiger charge is 2.14. The van der Waals surface area contributed by atoms with Gasteiger partial charge in [0.15, 0.2) is 11.5 Å². The summed E-state index contributed by atoms with van der Waals surface area (Å²) in [5, 5.41) is 11.0. The second-order valence-electron chi connectivity index (χ2n) is 6.12. The Hall–Kier alpha value is -3.55. The molecule has 8 heteroatoms. The van der Waals surface area contributed by atoms with E-state index in [0.29, 0.717) is 11.1 Å².